The summed E-state index contributed by atoms with van der Waals surface area (Å²) in [5, 5.41) is 0. The second kappa shape index (κ2) is 6.12. The lowest BCUT2D eigenvalue weighted by Crippen LogP contribution is -2.52. The molecule has 0 bridgehead atoms. The standard InChI is InChI=1S/C17H18N4O4/c1-11-7-18-16(19-11)17(23)21-5-4-20(15(22)9-21)8-12-2-3-13-14(6-12)25-10-24-13/h2-3,6-7H,4-5,8-10H2,1H3,(H,18,19). The van der Waals surface area contributed by atoms with Crippen LogP contribution in [0.2, 0.25) is 0 Å². The van der Waals surface area contributed by atoms with Gasteiger partial charge in [0.15, 0.2) is 17.3 Å². The van der Waals surface area contributed by atoms with Gasteiger partial charge in [-0.1, -0.05) is 6.07 Å². The average molecular weight is 342 g/mol. The molecule has 0 aliphatic carbocycles. The van der Waals surface area contributed by atoms with Gasteiger partial charge in [-0.15, -0.1) is 0 Å². The number of aromatic amines is 1. The SMILES string of the molecule is Cc1cnc(C(=O)N2CCN(Cc3ccc4c(c3)OCO4)C(=O)C2)[nH]1. The number of hydrogen-bond donors (Lipinski definition) is 1. The van der Waals surface area contributed by atoms with E-state index in [2.05, 4.69) is 9.97 Å². The number of carbonyl (C=O) groups is 2. The number of imidazole rings is 1. The van der Waals surface area contributed by atoms with Crippen molar-refractivity contribution in [3.8, 4) is 11.5 Å². The summed E-state index contributed by atoms with van der Waals surface area (Å²) in [6, 6.07) is 5.66. The molecule has 0 unspecified atom stereocenters. The van der Waals surface area contributed by atoms with E-state index >= 15 is 0 Å². The molecular formula is C17H18N4O4. The number of nitrogens with zero attached hydrogens (tertiary/aromatic N) is 3. The molecule has 1 N–H and O–H groups in total. The maximum atomic E-state index is 12.4. The fourth-order valence-corrected chi connectivity index (χ4v) is 2.98. The van der Waals surface area contributed by atoms with Gasteiger partial charge in [-0.05, 0) is 24.6 Å². The third-order valence-corrected chi connectivity index (χ3v) is 4.32. The highest BCUT2D eigenvalue weighted by Gasteiger charge is 2.29. The maximum Gasteiger partial charge on any atom is 0.290 e. The quantitative estimate of drug-likeness (QED) is 0.897. The molecule has 1 fully saturated rings. The summed E-state index contributed by atoms with van der Waals surface area (Å²) in [4.78, 5) is 35.0. The molecule has 130 valence electrons. The first kappa shape index (κ1) is 15.5. The molecule has 0 saturated carbocycles. The minimum absolute atomic E-state index is 0.0587. The average Bonchev–Trinajstić information content (AvgIpc) is 3.24. The number of amides is 2. The van der Waals surface area contributed by atoms with Gasteiger partial charge in [0.05, 0.1) is 0 Å². The number of piperazine rings is 1. The highest BCUT2D eigenvalue weighted by Crippen LogP contribution is 2.32. The molecule has 25 heavy (non-hydrogen) atoms. The summed E-state index contributed by atoms with van der Waals surface area (Å²) in [5.74, 6) is 1.37. The van der Waals surface area contributed by atoms with Crippen molar-refractivity contribution >= 4 is 11.8 Å². The molecule has 0 spiro atoms. The Bertz CT molecular complexity index is 832. The van der Waals surface area contributed by atoms with Crippen molar-refractivity contribution in [3.05, 3.63) is 41.5 Å². The molecule has 2 amide bonds. The fraction of sp³-hybridized carbons (Fsp3) is 0.353. The van der Waals surface area contributed by atoms with E-state index in [1.807, 2.05) is 25.1 Å². The number of aryl methyl sites for hydroxylation is 1. The zero-order chi connectivity index (χ0) is 17.4. The van der Waals surface area contributed by atoms with Crippen LogP contribution in [0.3, 0.4) is 0 Å². The number of carbonyl (C=O) groups excluding carboxylic acids is 2. The van der Waals surface area contributed by atoms with Crippen molar-refractivity contribution in [2.24, 2.45) is 0 Å². The molecule has 4 rings (SSSR count). The van der Waals surface area contributed by atoms with Crippen molar-refractivity contribution in [2.45, 2.75) is 13.5 Å². The highest BCUT2D eigenvalue weighted by molar-refractivity contribution is 5.94. The fourth-order valence-electron chi connectivity index (χ4n) is 2.98. The summed E-state index contributed by atoms with van der Waals surface area (Å²) in [6.07, 6.45) is 1.60. The second-order valence-corrected chi connectivity index (χ2v) is 6.14. The van der Waals surface area contributed by atoms with Gasteiger partial charge in [0.25, 0.3) is 5.91 Å². The Hall–Kier alpha value is -3.03. The van der Waals surface area contributed by atoms with Crippen LogP contribution in [0.25, 0.3) is 0 Å². The topological polar surface area (TPSA) is 87.8 Å². The first-order chi connectivity index (χ1) is 12.1. The predicted octanol–water partition coefficient (Wildman–Crippen LogP) is 0.931. The van der Waals surface area contributed by atoms with Crippen LogP contribution in [0, 0.1) is 6.92 Å². The van der Waals surface area contributed by atoms with Crippen LogP contribution in [0.5, 0.6) is 11.5 Å². The van der Waals surface area contributed by atoms with E-state index in [1.54, 1.807) is 11.1 Å². The molecule has 2 aliphatic heterocycles. The molecule has 3 heterocycles. The molecular weight excluding hydrogens is 324 g/mol. The number of hydrogen-bond acceptors (Lipinski definition) is 5. The van der Waals surface area contributed by atoms with Crippen LogP contribution in [0.15, 0.2) is 24.4 Å². The first-order valence-corrected chi connectivity index (χ1v) is 8.07. The van der Waals surface area contributed by atoms with Crippen molar-refractivity contribution in [2.75, 3.05) is 26.4 Å². The molecule has 2 aromatic rings. The van der Waals surface area contributed by atoms with Crippen LogP contribution in [-0.4, -0.2) is 58.0 Å². The van der Waals surface area contributed by atoms with E-state index in [-0.39, 0.29) is 31.0 Å². The smallest absolute Gasteiger partial charge is 0.290 e. The Labute approximate surface area is 144 Å². The Morgan fingerprint density at radius 2 is 2.12 bits per heavy atom. The minimum Gasteiger partial charge on any atom is -0.454 e. The lowest BCUT2D eigenvalue weighted by atomic mass is 10.1. The van der Waals surface area contributed by atoms with Crippen LogP contribution in [-0.2, 0) is 11.3 Å². The molecule has 8 heteroatoms. The van der Waals surface area contributed by atoms with Crippen LogP contribution in [0.4, 0.5) is 0 Å². The molecule has 0 radical (unpaired) electrons. The number of benzene rings is 1. The van der Waals surface area contributed by atoms with E-state index in [4.69, 9.17) is 9.47 Å². The number of H-pyrrole nitrogens is 1. The molecule has 1 saturated heterocycles. The van der Waals surface area contributed by atoms with Gasteiger partial charge in [0, 0.05) is 31.5 Å². The lowest BCUT2D eigenvalue weighted by Gasteiger charge is -2.34. The summed E-state index contributed by atoms with van der Waals surface area (Å²) < 4.78 is 10.7. The number of fused-ring (bicyclic) bond motifs is 1. The molecule has 0 atom stereocenters. The summed E-state index contributed by atoms with van der Waals surface area (Å²) in [6.45, 7) is 3.57. The summed E-state index contributed by atoms with van der Waals surface area (Å²) in [5.41, 5.74) is 1.79. The maximum absolute atomic E-state index is 12.4. The van der Waals surface area contributed by atoms with E-state index < -0.39 is 0 Å². The van der Waals surface area contributed by atoms with E-state index in [1.165, 1.54) is 4.90 Å². The van der Waals surface area contributed by atoms with Gasteiger partial charge in [0.2, 0.25) is 12.7 Å². The Morgan fingerprint density at radius 1 is 1.28 bits per heavy atom. The number of aromatic nitrogens is 2. The van der Waals surface area contributed by atoms with Gasteiger partial charge >= 0.3 is 0 Å². The zero-order valence-corrected chi connectivity index (χ0v) is 13.8. The number of ether oxygens (including phenoxy) is 2. The van der Waals surface area contributed by atoms with Crippen molar-refractivity contribution in [1.82, 2.24) is 19.8 Å². The second-order valence-electron chi connectivity index (χ2n) is 6.14. The largest absolute Gasteiger partial charge is 0.454 e. The Balaban J connectivity index is 1.40. The third-order valence-electron chi connectivity index (χ3n) is 4.32. The van der Waals surface area contributed by atoms with Crippen molar-refractivity contribution in [3.63, 3.8) is 0 Å². The Kier molecular flexibility index (Phi) is 3.79. The van der Waals surface area contributed by atoms with Crippen LogP contribution >= 0.6 is 0 Å². The predicted molar refractivity (Wildman–Crippen MR) is 87.2 cm³/mol. The monoisotopic (exact) mass is 342 g/mol. The Morgan fingerprint density at radius 3 is 2.88 bits per heavy atom. The normalized spacial score (nSPS) is 16.4. The van der Waals surface area contributed by atoms with Gasteiger partial charge < -0.3 is 24.3 Å². The highest BCUT2D eigenvalue weighted by atomic mass is 16.7. The van der Waals surface area contributed by atoms with Crippen molar-refractivity contribution in [1.29, 1.82) is 0 Å². The molecule has 1 aromatic carbocycles. The zero-order valence-electron chi connectivity index (χ0n) is 13.8. The van der Waals surface area contributed by atoms with Gasteiger partial charge in [0.1, 0.15) is 6.54 Å². The summed E-state index contributed by atoms with van der Waals surface area (Å²) in [7, 11) is 0. The van der Waals surface area contributed by atoms with Crippen LogP contribution in [0.1, 0.15) is 21.9 Å². The molecule has 2 aliphatic rings. The van der Waals surface area contributed by atoms with Gasteiger partial charge in [-0.2, -0.15) is 0 Å². The number of rotatable bonds is 3. The lowest BCUT2D eigenvalue weighted by molar-refractivity contribution is -0.135. The van der Waals surface area contributed by atoms with Crippen LogP contribution < -0.4 is 9.47 Å². The number of nitrogens with one attached hydrogen (secondary N) is 1. The van der Waals surface area contributed by atoms with Gasteiger partial charge in [-0.3, -0.25) is 9.59 Å². The molecule has 8 nitrogen and oxygen atoms in total. The van der Waals surface area contributed by atoms with E-state index in [9.17, 15) is 9.59 Å². The van der Waals surface area contributed by atoms with E-state index in [0.29, 0.717) is 25.4 Å². The van der Waals surface area contributed by atoms with Crippen molar-refractivity contribution < 1.29 is 19.1 Å². The minimum atomic E-state index is -0.246. The first-order valence-electron chi connectivity index (χ1n) is 8.07. The van der Waals surface area contributed by atoms with Gasteiger partial charge in [-0.25, -0.2) is 4.98 Å². The third kappa shape index (κ3) is 3.02. The van der Waals surface area contributed by atoms with E-state index in [0.717, 1.165) is 17.0 Å². The summed E-state index contributed by atoms with van der Waals surface area (Å²) >= 11 is 0. The molecule has 1 aromatic heterocycles.